The van der Waals surface area contributed by atoms with E-state index in [0.29, 0.717) is 0 Å². The van der Waals surface area contributed by atoms with Crippen LogP contribution in [0.2, 0.25) is 0 Å². The predicted molar refractivity (Wildman–Crippen MR) is 74.9 cm³/mol. The molecule has 0 aliphatic rings. The molecule has 4 nitrogen and oxygen atoms in total. The van der Waals surface area contributed by atoms with Crippen LogP contribution in [0.4, 0.5) is 11.6 Å². The van der Waals surface area contributed by atoms with Crippen molar-refractivity contribution in [2.24, 2.45) is 0 Å². The Morgan fingerprint density at radius 1 is 1.22 bits per heavy atom. The molecule has 0 spiro atoms. The number of rotatable bonds is 4. The summed E-state index contributed by atoms with van der Waals surface area (Å²) >= 11 is 0. The third kappa shape index (κ3) is 2.77. The lowest BCUT2D eigenvalue weighted by Gasteiger charge is -2.19. The predicted octanol–water partition coefficient (Wildman–Crippen LogP) is 2.46. The second-order valence-corrected chi connectivity index (χ2v) is 4.29. The molecule has 1 heterocycles. The van der Waals surface area contributed by atoms with E-state index in [1.54, 1.807) is 6.33 Å². The number of anilines is 2. The Hall–Kier alpha value is -2.10. The Kier molecular flexibility index (Phi) is 3.77. The van der Waals surface area contributed by atoms with E-state index in [1.165, 1.54) is 11.1 Å². The summed E-state index contributed by atoms with van der Waals surface area (Å²) in [6.07, 6.45) is 1.58. The van der Waals surface area contributed by atoms with Gasteiger partial charge in [0.1, 0.15) is 18.0 Å². The lowest BCUT2D eigenvalue weighted by Crippen LogP contribution is -2.18. The van der Waals surface area contributed by atoms with Gasteiger partial charge in [0, 0.05) is 26.7 Å². The molecule has 0 fully saturated rings. The minimum absolute atomic E-state index is 0.830. The van der Waals surface area contributed by atoms with E-state index in [0.717, 1.165) is 18.2 Å². The molecule has 0 bridgehead atoms. The van der Waals surface area contributed by atoms with Crippen molar-refractivity contribution in [2.75, 3.05) is 24.3 Å². The van der Waals surface area contributed by atoms with Crippen LogP contribution in [0.1, 0.15) is 11.1 Å². The van der Waals surface area contributed by atoms with Crippen LogP contribution >= 0.6 is 0 Å². The molecule has 2 rings (SSSR count). The van der Waals surface area contributed by atoms with E-state index in [-0.39, 0.29) is 0 Å². The van der Waals surface area contributed by atoms with Gasteiger partial charge in [0.15, 0.2) is 0 Å². The molecule has 0 radical (unpaired) electrons. The molecule has 1 aromatic heterocycles. The monoisotopic (exact) mass is 242 g/mol. The molecule has 0 saturated heterocycles. The topological polar surface area (TPSA) is 41.0 Å². The van der Waals surface area contributed by atoms with E-state index in [2.05, 4.69) is 51.4 Å². The molecule has 0 aliphatic heterocycles. The molecular formula is C14H18N4. The maximum Gasteiger partial charge on any atom is 0.134 e. The molecule has 0 amide bonds. The highest BCUT2D eigenvalue weighted by Crippen LogP contribution is 2.16. The first-order valence-corrected chi connectivity index (χ1v) is 5.96. The summed E-state index contributed by atoms with van der Waals surface area (Å²) in [5.41, 5.74) is 2.61. The Balaban J connectivity index is 2.16. The Labute approximate surface area is 108 Å². The zero-order valence-corrected chi connectivity index (χ0v) is 11.0. The van der Waals surface area contributed by atoms with Crippen molar-refractivity contribution in [3.63, 3.8) is 0 Å². The van der Waals surface area contributed by atoms with Crippen LogP contribution in [0.5, 0.6) is 0 Å². The third-order valence-electron chi connectivity index (χ3n) is 2.97. The normalized spacial score (nSPS) is 10.2. The summed E-state index contributed by atoms with van der Waals surface area (Å²) in [5.74, 6) is 1.74. The molecule has 0 saturated carbocycles. The highest BCUT2D eigenvalue weighted by Gasteiger charge is 2.06. The molecule has 0 atom stereocenters. The van der Waals surface area contributed by atoms with Gasteiger partial charge >= 0.3 is 0 Å². The van der Waals surface area contributed by atoms with Crippen LogP contribution in [-0.2, 0) is 6.54 Å². The van der Waals surface area contributed by atoms with Gasteiger partial charge in [0.2, 0.25) is 0 Å². The summed E-state index contributed by atoms with van der Waals surface area (Å²) < 4.78 is 0. The van der Waals surface area contributed by atoms with Gasteiger partial charge in [0.25, 0.3) is 0 Å². The van der Waals surface area contributed by atoms with Gasteiger partial charge in [-0.2, -0.15) is 0 Å². The highest BCUT2D eigenvalue weighted by molar-refractivity contribution is 5.48. The zero-order valence-electron chi connectivity index (χ0n) is 11.0. The largest absolute Gasteiger partial charge is 0.373 e. The molecule has 1 aromatic carbocycles. The summed E-state index contributed by atoms with van der Waals surface area (Å²) in [7, 11) is 3.89. The lowest BCUT2D eigenvalue weighted by atomic mass is 10.1. The van der Waals surface area contributed by atoms with Gasteiger partial charge in [-0.3, -0.25) is 0 Å². The second kappa shape index (κ2) is 5.49. The van der Waals surface area contributed by atoms with Crippen LogP contribution in [0.25, 0.3) is 0 Å². The van der Waals surface area contributed by atoms with Crippen molar-refractivity contribution in [2.45, 2.75) is 13.5 Å². The smallest absolute Gasteiger partial charge is 0.134 e. The van der Waals surface area contributed by atoms with Crippen molar-refractivity contribution in [1.82, 2.24) is 9.97 Å². The fraction of sp³-hybridized carbons (Fsp3) is 0.286. The number of aromatic nitrogens is 2. The Morgan fingerprint density at radius 3 is 2.72 bits per heavy atom. The third-order valence-corrected chi connectivity index (χ3v) is 2.97. The van der Waals surface area contributed by atoms with Gasteiger partial charge in [-0.05, 0) is 18.1 Å². The van der Waals surface area contributed by atoms with Crippen molar-refractivity contribution in [3.05, 3.63) is 47.8 Å². The maximum atomic E-state index is 4.29. The quantitative estimate of drug-likeness (QED) is 0.894. The fourth-order valence-electron chi connectivity index (χ4n) is 1.82. The van der Waals surface area contributed by atoms with E-state index < -0.39 is 0 Å². The summed E-state index contributed by atoms with van der Waals surface area (Å²) in [6, 6.07) is 10.3. The van der Waals surface area contributed by atoms with Gasteiger partial charge in [-0.1, -0.05) is 24.3 Å². The highest BCUT2D eigenvalue weighted by atomic mass is 15.2. The lowest BCUT2D eigenvalue weighted by molar-refractivity contribution is 0.885. The van der Waals surface area contributed by atoms with E-state index in [4.69, 9.17) is 0 Å². The van der Waals surface area contributed by atoms with Gasteiger partial charge in [-0.15, -0.1) is 0 Å². The number of benzene rings is 1. The van der Waals surface area contributed by atoms with Crippen molar-refractivity contribution < 1.29 is 0 Å². The van der Waals surface area contributed by atoms with Crippen LogP contribution in [0.3, 0.4) is 0 Å². The Morgan fingerprint density at radius 2 is 2.00 bits per heavy atom. The average molecular weight is 242 g/mol. The minimum Gasteiger partial charge on any atom is -0.373 e. The molecule has 18 heavy (non-hydrogen) atoms. The number of nitrogens with one attached hydrogen (secondary N) is 1. The molecule has 2 aromatic rings. The first-order chi connectivity index (χ1) is 8.70. The SMILES string of the molecule is CNc1cc(N(C)Cc2ccccc2C)ncn1. The van der Waals surface area contributed by atoms with Crippen LogP contribution in [-0.4, -0.2) is 24.1 Å². The van der Waals surface area contributed by atoms with Gasteiger partial charge in [0.05, 0.1) is 0 Å². The zero-order chi connectivity index (χ0) is 13.0. The number of hydrogen-bond donors (Lipinski definition) is 1. The molecule has 0 unspecified atom stereocenters. The van der Waals surface area contributed by atoms with Gasteiger partial charge < -0.3 is 10.2 Å². The van der Waals surface area contributed by atoms with Crippen molar-refractivity contribution in [1.29, 1.82) is 0 Å². The fourth-order valence-corrected chi connectivity index (χ4v) is 1.82. The van der Waals surface area contributed by atoms with Gasteiger partial charge in [-0.25, -0.2) is 9.97 Å². The maximum absolute atomic E-state index is 4.29. The summed E-state index contributed by atoms with van der Waals surface area (Å²) in [5, 5.41) is 3.02. The van der Waals surface area contributed by atoms with Crippen LogP contribution in [0, 0.1) is 6.92 Å². The van der Waals surface area contributed by atoms with E-state index in [1.807, 2.05) is 20.2 Å². The second-order valence-electron chi connectivity index (χ2n) is 4.29. The molecular weight excluding hydrogens is 224 g/mol. The number of aryl methyl sites for hydroxylation is 1. The number of hydrogen-bond acceptors (Lipinski definition) is 4. The average Bonchev–Trinajstić information content (AvgIpc) is 2.41. The van der Waals surface area contributed by atoms with Crippen molar-refractivity contribution >= 4 is 11.6 Å². The minimum atomic E-state index is 0.830. The molecule has 1 N–H and O–H groups in total. The number of nitrogens with zero attached hydrogens (tertiary/aromatic N) is 3. The summed E-state index contributed by atoms with van der Waals surface area (Å²) in [4.78, 5) is 10.5. The summed E-state index contributed by atoms with van der Waals surface area (Å²) in [6.45, 7) is 2.97. The molecule has 0 aliphatic carbocycles. The Bertz CT molecular complexity index is 525. The van der Waals surface area contributed by atoms with E-state index >= 15 is 0 Å². The molecule has 94 valence electrons. The van der Waals surface area contributed by atoms with E-state index in [9.17, 15) is 0 Å². The first kappa shape index (κ1) is 12.4. The van der Waals surface area contributed by atoms with Crippen molar-refractivity contribution in [3.8, 4) is 0 Å². The van der Waals surface area contributed by atoms with Crippen LogP contribution < -0.4 is 10.2 Å². The standard InChI is InChI=1S/C14H18N4/c1-11-6-4-5-7-12(11)9-18(3)14-8-13(15-2)16-10-17-14/h4-8,10H,9H2,1-3H3,(H,15,16,17). The molecule has 4 heteroatoms. The first-order valence-electron chi connectivity index (χ1n) is 5.96. The van der Waals surface area contributed by atoms with Crippen LogP contribution in [0.15, 0.2) is 36.7 Å².